The molecule has 0 fully saturated rings. The first-order valence-corrected chi connectivity index (χ1v) is 12.8. The van der Waals surface area contributed by atoms with Gasteiger partial charge in [-0.1, -0.05) is 23.4 Å². The average Bonchev–Trinajstić information content (AvgIpc) is 3.34. The summed E-state index contributed by atoms with van der Waals surface area (Å²) in [7, 11) is -1.78. The zero-order valence-electron chi connectivity index (χ0n) is 19.8. The van der Waals surface area contributed by atoms with Gasteiger partial charge in [-0.25, -0.2) is 22.8 Å². The van der Waals surface area contributed by atoms with Gasteiger partial charge in [0.15, 0.2) is 27.1 Å². The SMILES string of the molecule is CNCc1ccc(-c2cc(-c3nc(-c4ccc(S(=O)(=O)C(C)CCO)cc4)cnc3N)on2)c(F)c1. The number of hydrogen-bond acceptors (Lipinski definition) is 9. The number of nitrogens with two attached hydrogens (primary N) is 1. The molecule has 4 N–H and O–H groups in total. The van der Waals surface area contributed by atoms with Crippen molar-refractivity contribution in [1.29, 1.82) is 0 Å². The molecule has 2 aromatic heterocycles. The van der Waals surface area contributed by atoms with Gasteiger partial charge in [0.2, 0.25) is 0 Å². The van der Waals surface area contributed by atoms with Crippen LogP contribution in [0.25, 0.3) is 34.0 Å². The van der Waals surface area contributed by atoms with Crippen molar-refractivity contribution in [3.05, 3.63) is 66.1 Å². The Morgan fingerprint density at radius 1 is 1.14 bits per heavy atom. The summed E-state index contributed by atoms with van der Waals surface area (Å²) in [6.07, 6.45) is 1.62. The molecule has 4 rings (SSSR count). The number of hydrogen-bond donors (Lipinski definition) is 3. The van der Waals surface area contributed by atoms with Crippen LogP contribution in [0.4, 0.5) is 10.2 Å². The normalized spacial score (nSPS) is 12.6. The van der Waals surface area contributed by atoms with Crippen molar-refractivity contribution >= 4 is 15.7 Å². The lowest BCUT2D eigenvalue weighted by atomic mass is 10.1. The number of nitrogens with one attached hydrogen (secondary N) is 1. The van der Waals surface area contributed by atoms with E-state index in [4.69, 9.17) is 15.4 Å². The van der Waals surface area contributed by atoms with Crippen molar-refractivity contribution in [2.75, 3.05) is 19.4 Å². The zero-order valence-corrected chi connectivity index (χ0v) is 20.6. The van der Waals surface area contributed by atoms with Crippen LogP contribution >= 0.6 is 0 Å². The van der Waals surface area contributed by atoms with Crippen molar-refractivity contribution in [3.8, 4) is 34.0 Å². The third-order valence-electron chi connectivity index (χ3n) is 5.78. The Labute approximate surface area is 208 Å². The molecule has 1 unspecified atom stereocenters. The maximum atomic E-state index is 14.6. The van der Waals surface area contributed by atoms with E-state index in [-0.39, 0.29) is 46.5 Å². The van der Waals surface area contributed by atoms with Crippen LogP contribution in [0.3, 0.4) is 0 Å². The number of halogens is 1. The molecule has 0 saturated carbocycles. The number of nitrogens with zero attached hydrogens (tertiary/aromatic N) is 3. The smallest absolute Gasteiger partial charge is 0.189 e. The van der Waals surface area contributed by atoms with E-state index in [1.807, 2.05) is 0 Å². The molecule has 0 radical (unpaired) electrons. The van der Waals surface area contributed by atoms with Gasteiger partial charge in [0, 0.05) is 30.3 Å². The van der Waals surface area contributed by atoms with E-state index in [0.717, 1.165) is 5.56 Å². The molecular weight excluding hydrogens is 485 g/mol. The maximum absolute atomic E-state index is 14.6. The van der Waals surface area contributed by atoms with Gasteiger partial charge in [-0.2, -0.15) is 0 Å². The van der Waals surface area contributed by atoms with E-state index < -0.39 is 20.9 Å². The van der Waals surface area contributed by atoms with E-state index in [2.05, 4.69) is 20.4 Å². The van der Waals surface area contributed by atoms with Crippen LogP contribution in [0.5, 0.6) is 0 Å². The molecule has 0 spiro atoms. The molecule has 0 aliphatic rings. The Kier molecular flexibility index (Phi) is 7.43. The van der Waals surface area contributed by atoms with E-state index in [1.165, 1.54) is 24.4 Å². The third kappa shape index (κ3) is 5.13. The molecule has 36 heavy (non-hydrogen) atoms. The minimum absolute atomic E-state index is 0.100. The van der Waals surface area contributed by atoms with Crippen molar-refractivity contribution in [1.82, 2.24) is 20.4 Å². The molecule has 0 aliphatic carbocycles. The van der Waals surface area contributed by atoms with E-state index in [1.54, 1.807) is 44.3 Å². The highest BCUT2D eigenvalue weighted by Gasteiger charge is 2.23. The number of aromatic nitrogens is 3. The highest BCUT2D eigenvalue weighted by Crippen LogP contribution is 2.31. The first-order valence-electron chi connectivity index (χ1n) is 11.2. The summed E-state index contributed by atoms with van der Waals surface area (Å²) in [4.78, 5) is 8.87. The molecular formula is C25H26FN5O4S. The van der Waals surface area contributed by atoms with Gasteiger partial charge in [0.25, 0.3) is 0 Å². The summed E-state index contributed by atoms with van der Waals surface area (Å²) in [6, 6.07) is 12.6. The number of anilines is 1. The highest BCUT2D eigenvalue weighted by molar-refractivity contribution is 7.92. The lowest BCUT2D eigenvalue weighted by molar-refractivity contribution is 0.287. The Morgan fingerprint density at radius 3 is 2.56 bits per heavy atom. The van der Waals surface area contributed by atoms with Gasteiger partial charge in [0.1, 0.15) is 11.5 Å². The Bertz CT molecular complexity index is 1470. The molecule has 0 bridgehead atoms. The number of aliphatic hydroxyl groups excluding tert-OH is 1. The second kappa shape index (κ2) is 10.5. The zero-order chi connectivity index (χ0) is 25.9. The molecule has 0 aliphatic heterocycles. The predicted molar refractivity (Wildman–Crippen MR) is 134 cm³/mol. The molecule has 0 saturated heterocycles. The fourth-order valence-electron chi connectivity index (χ4n) is 3.70. The van der Waals surface area contributed by atoms with E-state index in [0.29, 0.717) is 17.8 Å². The highest BCUT2D eigenvalue weighted by atomic mass is 32.2. The lowest BCUT2D eigenvalue weighted by Crippen LogP contribution is -2.19. The summed E-state index contributed by atoms with van der Waals surface area (Å²) in [5, 5.41) is 15.3. The molecule has 1 atom stereocenters. The van der Waals surface area contributed by atoms with E-state index in [9.17, 15) is 12.8 Å². The van der Waals surface area contributed by atoms with Crippen LogP contribution in [0.1, 0.15) is 18.9 Å². The predicted octanol–water partition coefficient (Wildman–Crippen LogP) is 3.45. The summed E-state index contributed by atoms with van der Waals surface area (Å²) < 4.78 is 45.3. The van der Waals surface area contributed by atoms with Crippen LogP contribution in [0, 0.1) is 5.82 Å². The Morgan fingerprint density at radius 2 is 1.89 bits per heavy atom. The molecule has 2 heterocycles. The number of nitrogen functional groups attached to an aromatic ring is 1. The minimum Gasteiger partial charge on any atom is -0.396 e. The fraction of sp³-hybridized carbons (Fsp3) is 0.240. The first-order chi connectivity index (χ1) is 17.2. The summed E-state index contributed by atoms with van der Waals surface area (Å²) >= 11 is 0. The molecule has 188 valence electrons. The molecule has 9 nitrogen and oxygen atoms in total. The lowest BCUT2D eigenvalue weighted by Gasteiger charge is -2.12. The van der Waals surface area contributed by atoms with Crippen molar-refractivity contribution < 1.29 is 22.4 Å². The second-order valence-corrected chi connectivity index (χ2v) is 10.7. The van der Waals surface area contributed by atoms with Gasteiger partial charge in [-0.05, 0) is 50.2 Å². The van der Waals surface area contributed by atoms with Gasteiger partial charge < -0.3 is 20.7 Å². The first kappa shape index (κ1) is 25.4. The van der Waals surface area contributed by atoms with Gasteiger partial charge in [-0.15, -0.1) is 0 Å². The van der Waals surface area contributed by atoms with Crippen LogP contribution in [0.2, 0.25) is 0 Å². The van der Waals surface area contributed by atoms with Crippen molar-refractivity contribution in [2.45, 2.75) is 30.0 Å². The fourth-order valence-corrected chi connectivity index (χ4v) is 5.09. The number of rotatable bonds is 9. The third-order valence-corrected chi connectivity index (χ3v) is 8.00. The Balaban J connectivity index is 1.63. The van der Waals surface area contributed by atoms with Crippen LogP contribution in [-0.4, -0.2) is 47.6 Å². The van der Waals surface area contributed by atoms with E-state index >= 15 is 0 Å². The number of benzene rings is 2. The van der Waals surface area contributed by atoms with Crippen LogP contribution < -0.4 is 11.1 Å². The summed E-state index contributed by atoms with van der Waals surface area (Å²) in [5.41, 5.74) is 8.68. The second-order valence-electron chi connectivity index (χ2n) is 8.30. The summed E-state index contributed by atoms with van der Waals surface area (Å²) in [6.45, 7) is 1.89. The monoisotopic (exact) mass is 511 g/mol. The topological polar surface area (TPSA) is 144 Å². The average molecular weight is 512 g/mol. The molecule has 11 heteroatoms. The van der Waals surface area contributed by atoms with Gasteiger partial charge >= 0.3 is 0 Å². The Hall–Kier alpha value is -3.67. The molecule has 2 aromatic carbocycles. The molecule has 4 aromatic rings. The van der Waals surface area contributed by atoms with Gasteiger partial charge in [0.05, 0.1) is 22.0 Å². The maximum Gasteiger partial charge on any atom is 0.189 e. The van der Waals surface area contributed by atoms with Crippen molar-refractivity contribution in [3.63, 3.8) is 0 Å². The number of sulfone groups is 1. The largest absolute Gasteiger partial charge is 0.396 e. The number of aliphatic hydroxyl groups is 1. The van der Waals surface area contributed by atoms with Crippen LogP contribution in [0.15, 0.2) is 64.1 Å². The minimum atomic E-state index is -3.56. The summed E-state index contributed by atoms with van der Waals surface area (Å²) in [5.74, 6) is -0.116. The standard InChI is InChI=1S/C25H26FN5O4S/c1-15(9-10-32)36(33,34)18-6-4-17(5-7-18)22-14-29-25(27)24(30-22)23-12-21(31-35-23)19-8-3-16(13-28-2)11-20(19)26/h3-8,11-12,14-15,28,32H,9-10,13H2,1-2H3,(H2,27,29). The van der Waals surface area contributed by atoms with Crippen LogP contribution in [-0.2, 0) is 16.4 Å². The van der Waals surface area contributed by atoms with Gasteiger partial charge in [-0.3, -0.25) is 0 Å². The van der Waals surface area contributed by atoms with Crippen molar-refractivity contribution in [2.24, 2.45) is 0 Å². The molecule has 0 amide bonds. The quantitative estimate of drug-likeness (QED) is 0.308.